The highest BCUT2D eigenvalue weighted by Crippen LogP contribution is 2.13. The third kappa shape index (κ3) is 7.77. The molecule has 0 unspecified atom stereocenters. The second-order valence-electron chi connectivity index (χ2n) is 7.71. The van der Waals surface area contributed by atoms with E-state index in [1.807, 2.05) is 24.3 Å². The Balaban J connectivity index is 1.60. The molecule has 38 heavy (non-hydrogen) atoms. The van der Waals surface area contributed by atoms with E-state index >= 15 is 0 Å². The highest BCUT2D eigenvalue weighted by Gasteiger charge is 2.12. The Kier molecular flexibility index (Phi) is 9.68. The van der Waals surface area contributed by atoms with Gasteiger partial charge in [0.15, 0.2) is 0 Å². The van der Waals surface area contributed by atoms with Crippen LogP contribution in [-0.4, -0.2) is 36.0 Å². The molecule has 3 rings (SSSR count). The zero-order chi connectivity index (χ0) is 27.3. The van der Waals surface area contributed by atoms with E-state index < -0.39 is 11.8 Å². The summed E-state index contributed by atoms with van der Waals surface area (Å²) < 4.78 is 10.1. The highest BCUT2D eigenvalue weighted by atomic mass is 16.5. The number of benzene rings is 1. The largest absolute Gasteiger partial charge is 0.481 e. The van der Waals surface area contributed by atoms with Gasteiger partial charge in [-0.2, -0.15) is 5.26 Å². The van der Waals surface area contributed by atoms with Crippen LogP contribution in [0.3, 0.4) is 0 Å². The zero-order valence-electron chi connectivity index (χ0n) is 20.8. The Morgan fingerprint density at radius 3 is 1.95 bits per heavy atom. The average Bonchev–Trinajstić information content (AvgIpc) is 2.96. The zero-order valence-corrected chi connectivity index (χ0v) is 20.8. The molecule has 0 fully saturated rings. The van der Waals surface area contributed by atoms with Gasteiger partial charge in [0.25, 0.3) is 17.5 Å². The van der Waals surface area contributed by atoms with Crippen molar-refractivity contribution in [2.75, 3.05) is 14.2 Å². The summed E-state index contributed by atoms with van der Waals surface area (Å²) in [5.74, 6) is -0.342. The molecule has 10 heteroatoms. The average molecular weight is 509 g/mol. The molecule has 0 atom stereocenters. The first kappa shape index (κ1) is 27.1. The number of pyridine rings is 2. The van der Waals surface area contributed by atoms with E-state index in [4.69, 9.17) is 16.0 Å². The molecule has 3 aromatic rings. The molecule has 2 amide bonds. The summed E-state index contributed by atoms with van der Waals surface area (Å²) >= 11 is 0. The van der Waals surface area contributed by atoms with Crippen LogP contribution < -0.4 is 20.1 Å². The first-order valence-electron chi connectivity index (χ1n) is 11.3. The number of nitrogens with zero attached hydrogens (tertiary/aromatic N) is 4. The number of nitriles is 1. The van der Waals surface area contributed by atoms with Gasteiger partial charge in [-0.1, -0.05) is 36.4 Å². The second kappa shape index (κ2) is 13.6. The van der Waals surface area contributed by atoms with Crippen molar-refractivity contribution in [3.8, 4) is 17.8 Å². The van der Waals surface area contributed by atoms with E-state index in [2.05, 4.69) is 25.4 Å². The molecular weight excluding hydrogens is 484 g/mol. The Morgan fingerprint density at radius 1 is 0.895 bits per heavy atom. The van der Waals surface area contributed by atoms with Crippen LogP contribution in [0.2, 0.25) is 0 Å². The molecule has 0 aliphatic heterocycles. The number of hydrogen-bond donors (Lipinski definition) is 2. The third-order valence-electron chi connectivity index (χ3n) is 5.10. The quantitative estimate of drug-likeness (QED) is 0.244. The number of carbonyl (C=O) groups is 2. The number of nitrogens with one attached hydrogen (secondary N) is 2. The van der Waals surface area contributed by atoms with Crippen LogP contribution in [0.25, 0.3) is 17.0 Å². The number of rotatable bonds is 10. The fourth-order valence-corrected chi connectivity index (χ4v) is 3.23. The van der Waals surface area contributed by atoms with Crippen molar-refractivity contribution in [2.24, 2.45) is 0 Å². The lowest BCUT2D eigenvalue weighted by Gasteiger charge is -2.09. The monoisotopic (exact) mass is 508 g/mol. The molecule has 2 heterocycles. The molecule has 0 spiro atoms. The maximum Gasteiger partial charge on any atom is 0.262 e. The van der Waals surface area contributed by atoms with Crippen molar-refractivity contribution in [3.63, 3.8) is 0 Å². The van der Waals surface area contributed by atoms with Crippen LogP contribution in [0.4, 0.5) is 0 Å². The van der Waals surface area contributed by atoms with Gasteiger partial charge in [0.05, 0.1) is 32.2 Å². The third-order valence-corrected chi connectivity index (χ3v) is 5.10. The van der Waals surface area contributed by atoms with E-state index in [0.717, 1.165) is 11.1 Å². The lowest BCUT2D eigenvalue weighted by Crippen LogP contribution is -2.25. The van der Waals surface area contributed by atoms with Gasteiger partial charge in [0.1, 0.15) is 11.6 Å². The predicted molar refractivity (Wildman–Crippen MR) is 140 cm³/mol. The van der Waals surface area contributed by atoms with Crippen molar-refractivity contribution in [1.82, 2.24) is 20.6 Å². The minimum absolute atomic E-state index is 0.0989. The smallest absolute Gasteiger partial charge is 0.262 e. The molecule has 1 aromatic carbocycles. The minimum atomic E-state index is -0.547. The fourth-order valence-electron chi connectivity index (χ4n) is 3.23. The Labute approximate surface area is 220 Å². The van der Waals surface area contributed by atoms with Crippen molar-refractivity contribution in [1.29, 1.82) is 5.26 Å². The standard InChI is InChI=1S/C28H24N6O4/c1-30-24(15-23-10-6-12-26(34-23)38-3)28(36)32-18-20-8-4-7-19(13-20)17-31-27(35)21(16-29)14-22-9-5-11-25(33-22)37-2/h4-15H,17-18H2,2-3H3,(H,31,35)(H,32,36)/b21-14-,24-15+. The maximum absolute atomic E-state index is 12.5. The Morgan fingerprint density at radius 2 is 1.42 bits per heavy atom. The fraction of sp³-hybridized carbons (Fsp3) is 0.143. The number of methoxy groups -OCH3 is 2. The van der Waals surface area contributed by atoms with Crippen LogP contribution in [0, 0.1) is 17.9 Å². The number of aromatic nitrogens is 2. The van der Waals surface area contributed by atoms with Crippen molar-refractivity contribution in [3.05, 3.63) is 106 Å². The molecule has 10 nitrogen and oxygen atoms in total. The number of ether oxygens (including phenoxy) is 2. The van der Waals surface area contributed by atoms with Crippen LogP contribution in [0.1, 0.15) is 22.5 Å². The number of carbonyl (C=O) groups excluding carboxylic acids is 2. The van der Waals surface area contributed by atoms with Gasteiger partial charge in [0, 0.05) is 25.2 Å². The lowest BCUT2D eigenvalue weighted by atomic mass is 10.1. The maximum atomic E-state index is 12.5. The summed E-state index contributed by atoms with van der Waals surface area (Å²) in [7, 11) is 2.96. The molecule has 0 radical (unpaired) electrons. The predicted octanol–water partition coefficient (Wildman–Crippen LogP) is 3.29. The number of hydrogen-bond acceptors (Lipinski definition) is 7. The van der Waals surface area contributed by atoms with Gasteiger partial charge in [-0.05, 0) is 35.4 Å². The van der Waals surface area contributed by atoms with E-state index in [1.54, 1.807) is 42.5 Å². The van der Waals surface area contributed by atoms with Crippen LogP contribution in [-0.2, 0) is 22.7 Å². The lowest BCUT2D eigenvalue weighted by molar-refractivity contribution is -0.118. The highest BCUT2D eigenvalue weighted by molar-refractivity contribution is 6.01. The van der Waals surface area contributed by atoms with Crippen LogP contribution in [0.5, 0.6) is 11.8 Å². The van der Waals surface area contributed by atoms with E-state index in [-0.39, 0.29) is 24.4 Å². The summed E-state index contributed by atoms with van der Waals surface area (Å²) in [6.45, 7) is 7.69. The van der Waals surface area contributed by atoms with Crippen LogP contribution >= 0.6 is 0 Å². The van der Waals surface area contributed by atoms with Gasteiger partial charge in [-0.25, -0.2) is 14.8 Å². The van der Waals surface area contributed by atoms with E-state index in [9.17, 15) is 14.9 Å². The first-order valence-corrected chi connectivity index (χ1v) is 11.3. The summed E-state index contributed by atoms with van der Waals surface area (Å²) in [5, 5.41) is 14.8. The molecule has 0 aliphatic carbocycles. The SMILES string of the molecule is [C-]#[N+]/C(=C/c1cccc(OC)n1)C(=O)NCc1cccc(CNC(=O)/C(C#N)=C\c2cccc(OC)n2)c1. The van der Waals surface area contributed by atoms with Gasteiger partial charge in [-0.15, -0.1) is 0 Å². The van der Waals surface area contributed by atoms with E-state index in [0.29, 0.717) is 23.1 Å². The molecule has 190 valence electrons. The summed E-state index contributed by atoms with van der Waals surface area (Å²) in [4.78, 5) is 36.8. The van der Waals surface area contributed by atoms with Crippen molar-refractivity contribution < 1.29 is 19.1 Å². The van der Waals surface area contributed by atoms with Gasteiger partial charge in [-0.3, -0.25) is 9.59 Å². The van der Waals surface area contributed by atoms with Gasteiger partial charge in [0.2, 0.25) is 11.8 Å². The first-order chi connectivity index (χ1) is 18.4. The van der Waals surface area contributed by atoms with Crippen LogP contribution in [0.15, 0.2) is 71.9 Å². The molecule has 2 aromatic heterocycles. The number of amides is 2. The molecule has 0 bridgehead atoms. The van der Waals surface area contributed by atoms with E-state index in [1.165, 1.54) is 26.4 Å². The minimum Gasteiger partial charge on any atom is -0.481 e. The van der Waals surface area contributed by atoms with Gasteiger partial charge >= 0.3 is 0 Å². The Hall–Kier alpha value is -5.48. The topological polar surface area (TPSA) is 131 Å². The van der Waals surface area contributed by atoms with Crippen molar-refractivity contribution in [2.45, 2.75) is 13.1 Å². The molecule has 0 aliphatic rings. The molecule has 2 N–H and O–H groups in total. The van der Waals surface area contributed by atoms with Gasteiger partial charge < -0.3 is 20.1 Å². The molecular formula is C28H24N6O4. The normalized spacial score (nSPS) is 11.1. The summed E-state index contributed by atoms with van der Waals surface area (Å²) in [5.41, 5.74) is 2.17. The summed E-state index contributed by atoms with van der Waals surface area (Å²) in [6.07, 6.45) is 2.77. The summed E-state index contributed by atoms with van der Waals surface area (Å²) in [6, 6.07) is 19.2. The molecule has 0 saturated carbocycles. The second-order valence-corrected chi connectivity index (χ2v) is 7.71. The Bertz CT molecular complexity index is 1360. The molecule has 0 saturated heterocycles. The van der Waals surface area contributed by atoms with Crippen molar-refractivity contribution >= 4 is 24.0 Å².